The van der Waals surface area contributed by atoms with Crippen molar-refractivity contribution >= 4 is 32.4 Å². The molecule has 9 heteroatoms. The highest BCUT2D eigenvalue weighted by Gasteiger charge is 2.15. The molecule has 0 spiro atoms. The molecule has 2 N–H and O–H groups in total. The molecule has 7 nitrogen and oxygen atoms in total. The Labute approximate surface area is 151 Å². The van der Waals surface area contributed by atoms with Crippen molar-refractivity contribution in [3.63, 3.8) is 0 Å². The number of rotatable bonds is 8. The summed E-state index contributed by atoms with van der Waals surface area (Å²) in [6.45, 7) is 7.77. The summed E-state index contributed by atoms with van der Waals surface area (Å²) < 4.78 is 26.3. The van der Waals surface area contributed by atoms with E-state index >= 15 is 0 Å². The standard InChI is InChI=1S/C16H20N4O3S2/c1-4-9-17-25(22,23)13-7-5-12(6-8-13)15(21)18-16-20-19-14(24-16)10-11(2)3/h4-8,11,17H,1,9-10H2,2-3H3,(H,18,20,21). The lowest BCUT2D eigenvalue weighted by molar-refractivity contribution is 0.102. The molecule has 0 aliphatic rings. The molecule has 1 aromatic heterocycles. The lowest BCUT2D eigenvalue weighted by Crippen LogP contribution is -2.23. The van der Waals surface area contributed by atoms with Crippen LogP contribution in [0.2, 0.25) is 0 Å². The van der Waals surface area contributed by atoms with Crippen LogP contribution in [0.5, 0.6) is 0 Å². The number of nitrogens with one attached hydrogen (secondary N) is 2. The average Bonchev–Trinajstić information content (AvgIpc) is 2.99. The molecule has 2 rings (SSSR count). The summed E-state index contributed by atoms with van der Waals surface area (Å²) in [5.41, 5.74) is 0.336. The van der Waals surface area contributed by atoms with Crippen LogP contribution >= 0.6 is 11.3 Å². The van der Waals surface area contributed by atoms with Crippen LogP contribution in [0.3, 0.4) is 0 Å². The molecule has 1 aromatic carbocycles. The number of carbonyl (C=O) groups excluding carboxylic acids is 1. The van der Waals surface area contributed by atoms with E-state index in [0.29, 0.717) is 16.6 Å². The fourth-order valence-corrected chi connectivity index (χ4v) is 3.89. The van der Waals surface area contributed by atoms with Crippen LogP contribution in [0, 0.1) is 5.92 Å². The first-order valence-electron chi connectivity index (χ1n) is 7.66. The predicted octanol–water partition coefficient (Wildman–Crippen LogP) is 2.45. The zero-order chi connectivity index (χ0) is 18.4. The first-order chi connectivity index (χ1) is 11.8. The number of sulfonamides is 1. The quantitative estimate of drug-likeness (QED) is 0.685. The van der Waals surface area contributed by atoms with Crippen LogP contribution in [0.25, 0.3) is 0 Å². The predicted molar refractivity (Wildman–Crippen MR) is 98.2 cm³/mol. The number of hydrogen-bond donors (Lipinski definition) is 2. The monoisotopic (exact) mass is 380 g/mol. The number of anilines is 1. The fourth-order valence-electron chi connectivity index (χ4n) is 1.94. The normalized spacial score (nSPS) is 11.5. The molecular formula is C16H20N4O3S2. The lowest BCUT2D eigenvalue weighted by atomic mass is 10.1. The summed E-state index contributed by atoms with van der Waals surface area (Å²) in [4.78, 5) is 12.3. The maximum Gasteiger partial charge on any atom is 0.257 e. The number of nitrogens with zero attached hydrogens (tertiary/aromatic N) is 2. The van der Waals surface area contributed by atoms with Gasteiger partial charge in [0.2, 0.25) is 15.2 Å². The SMILES string of the molecule is C=CCNS(=O)(=O)c1ccc(C(=O)Nc2nnc(CC(C)C)s2)cc1. The summed E-state index contributed by atoms with van der Waals surface area (Å²) in [5.74, 6) is 0.0935. The summed E-state index contributed by atoms with van der Waals surface area (Å²) in [5, 5.41) is 11.9. The maximum absolute atomic E-state index is 12.2. The molecule has 0 bridgehead atoms. The second-order valence-corrected chi connectivity index (χ2v) is 8.55. The van der Waals surface area contributed by atoms with E-state index in [4.69, 9.17) is 0 Å². The van der Waals surface area contributed by atoms with Crippen molar-refractivity contribution in [1.82, 2.24) is 14.9 Å². The van der Waals surface area contributed by atoms with Crippen molar-refractivity contribution < 1.29 is 13.2 Å². The van der Waals surface area contributed by atoms with E-state index in [1.165, 1.54) is 41.7 Å². The molecule has 1 heterocycles. The summed E-state index contributed by atoms with van der Waals surface area (Å²) in [7, 11) is -3.61. The zero-order valence-electron chi connectivity index (χ0n) is 14.0. The van der Waals surface area contributed by atoms with Gasteiger partial charge < -0.3 is 0 Å². The average molecular weight is 380 g/mol. The molecule has 1 amide bonds. The van der Waals surface area contributed by atoms with E-state index in [1.54, 1.807) is 0 Å². The summed E-state index contributed by atoms with van der Waals surface area (Å²) in [6.07, 6.45) is 2.26. The molecule has 0 radical (unpaired) electrons. The van der Waals surface area contributed by atoms with Crippen LogP contribution in [0.1, 0.15) is 29.2 Å². The molecule has 25 heavy (non-hydrogen) atoms. The molecule has 0 aliphatic heterocycles. The van der Waals surface area contributed by atoms with Crippen molar-refractivity contribution in [2.45, 2.75) is 25.2 Å². The Kier molecular flexibility index (Phi) is 6.40. The number of carbonyl (C=O) groups is 1. The second-order valence-electron chi connectivity index (χ2n) is 5.72. The highest BCUT2D eigenvalue weighted by molar-refractivity contribution is 7.89. The maximum atomic E-state index is 12.2. The number of benzene rings is 1. The Morgan fingerprint density at radius 2 is 1.96 bits per heavy atom. The van der Waals surface area contributed by atoms with Crippen LogP contribution in [-0.4, -0.2) is 31.1 Å². The van der Waals surface area contributed by atoms with E-state index in [-0.39, 0.29) is 17.3 Å². The van der Waals surface area contributed by atoms with Gasteiger partial charge in [-0.2, -0.15) is 0 Å². The molecule has 0 unspecified atom stereocenters. The topological polar surface area (TPSA) is 101 Å². The van der Waals surface area contributed by atoms with Gasteiger partial charge in [0.1, 0.15) is 5.01 Å². The Morgan fingerprint density at radius 1 is 1.28 bits per heavy atom. The molecule has 0 saturated heterocycles. The molecule has 134 valence electrons. The van der Waals surface area contributed by atoms with Crippen molar-refractivity contribution in [2.75, 3.05) is 11.9 Å². The minimum atomic E-state index is -3.61. The second kappa shape index (κ2) is 8.32. The third-order valence-corrected chi connectivity index (χ3v) is 5.42. The van der Waals surface area contributed by atoms with Gasteiger partial charge in [-0.05, 0) is 30.2 Å². The highest BCUT2D eigenvalue weighted by atomic mass is 32.2. The van der Waals surface area contributed by atoms with Crippen molar-refractivity contribution in [3.05, 3.63) is 47.5 Å². The van der Waals surface area contributed by atoms with Gasteiger partial charge in [0.15, 0.2) is 0 Å². The molecular weight excluding hydrogens is 360 g/mol. The molecule has 0 fully saturated rings. The third-order valence-electron chi connectivity index (χ3n) is 3.11. The molecule has 2 aromatic rings. The number of amides is 1. The van der Waals surface area contributed by atoms with Gasteiger partial charge in [-0.1, -0.05) is 31.3 Å². The Morgan fingerprint density at radius 3 is 2.56 bits per heavy atom. The van der Waals surface area contributed by atoms with E-state index in [2.05, 4.69) is 40.7 Å². The first kappa shape index (κ1) is 19.2. The summed E-state index contributed by atoms with van der Waals surface area (Å²) >= 11 is 1.33. The van der Waals surface area contributed by atoms with Crippen LogP contribution in [0.4, 0.5) is 5.13 Å². The van der Waals surface area contributed by atoms with E-state index < -0.39 is 10.0 Å². The number of aromatic nitrogens is 2. The van der Waals surface area contributed by atoms with Gasteiger partial charge in [-0.25, -0.2) is 13.1 Å². The number of hydrogen-bond acceptors (Lipinski definition) is 6. The summed E-state index contributed by atoms with van der Waals surface area (Å²) in [6, 6.07) is 5.66. The van der Waals surface area contributed by atoms with Gasteiger partial charge >= 0.3 is 0 Å². The third kappa shape index (κ3) is 5.45. The molecule has 0 atom stereocenters. The van der Waals surface area contributed by atoms with Crippen LogP contribution in [0.15, 0.2) is 41.8 Å². The van der Waals surface area contributed by atoms with Crippen molar-refractivity contribution in [1.29, 1.82) is 0 Å². The Bertz CT molecular complexity index is 843. The smallest absolute Gasteiger partial charge is 0.257 e. The fraction of sp³-hybridized carbons (Fsp3) is 0.312. The van der Waals surface area contributed by atoms with Crippen molar-refractivity contribution in [3.8, 4) is 0 Å². The van der Waals surface area contributed by atoms with Gasteiger partial charge in [-0.3, -0.25) is 10.1 Å². The largest absolute Gasteiger partial charge is 0.296 e. The van der Waals surface area contributed by atoms with E-state index in [1.807, 2.05) is 0 Å². The Balaban J connectivity index is 2.05. The van der Waals surface area contributed by atoms with Gasteiger partial charge in [-0.15, -0.1) is 16.8 Å². The Hall–Kier alpha value is -2.10. The van der Waals surface area contributed by atoms with Gasteiger partial charge in [0.25, 0.3) is 5.91 Å². The van der Waals surface area contributed by atoms with E-state index in [0.717, 1.165) is 11.4 Å². The minimum Gasteiger partial charge on any atom is -0.296 e. The molecule has 0 saturated carbocycles. The van der Waals surface area contributed by atoms with Gasteiger partial charge in [0.05, 0.1) is 4.90 Å². The van der Waals surface area contributed by atoms with Crippen LogP contribution in [-0.2, 0) is 16.4 Å². The van der Waals surface area contributed by atoms with E-state index in [9.17, 15) is 13.2 Å². The molecule has 0 aliphatic carbocycles. The highest BCUT2D eigenvalue weighted by Crippen LogP contribution is 2.19. The van der Waals surface area contributed by atoms with Crippen LogP contribution < -0.4 is 10.0 Å². The van der Waals surface area contributed by atoms with Crippen molar-refractivity contribution in [2.24, 2.45) is 5.92 Å². The first-order valence-corrected chi connectivity index (χ1v) is 9.96. The minimum absolute atomic E-state index is 0.0843. The van der Waals surface area contributed by atoms with Gasteiger partial charge in [0, 0.05) is 18.5 Å². The zero-order valence-corrected chi connectivity index (χ0v) is 15.7. The lowest BCUT2D eigenvalue weighted by Gasteiger charge is -2.06.